The molecule has 178 valence electrons. The van der Waals surface area contributed by atoms with Gasteiger partial charge in [-0.3, -0.25) is 4.79 Å². The highest BCUT2D eigenvalue weighted by Gasteiger charge is 2.29. The number of esters is 1. The summed E-state index contributed by atoms with van der Waals surface area (Å²) in [5, 5.41) is 4.40. The molecule has 0 bridgehead atoms. The Hall–Kier alpha value is -3.51. The standard InChI is InChI=1S/C29H28N2O3S/c1-16-9-11-19(18(3)13-16)24-15-22(20-7-5-6-8-23(20)30-24)27(32)31-28-26(29(33)34-4)21-12-10-17(2)14-25(21)35-28/h5-9,11,13,15,17H,10,12,14H2,1-4H3,(H,31,32). The van der Waals surface area contributed by atoms with Crippen LogP contribution < -0.4 is 5.32 Å². The molecular weight excluding hydrogens is 456 g/mol. The lowest BCUT2D eigenvalue weighted by Gasteiger charge is -2.18. The van der Waals surface area contributed by atoms with Crippen LogP contribution in [0.1, 0.15) is 55.6 Å². The van der Waals surface area contributed by atoms with E-state index in [0.717, 1.165) is 57.4 Å². The number of fused-ring (bicyclic) bond motifs is 2. The Morgan fingerprint density at radius 3 is 2.69 bits per heavy atom. The van der Waals surface area contributed by atoms with Crippen LogP contribution in [-0.4, -0.2) is 24.0 Å². The topological polar surface area (TPSA) is 68.3 Å². The summed E-state index contributed by atoms with van der Waals surface area (Å²) in [4.78, 5) is 32.4. The Balaban J connectivity index is 1.60. The predicted octanol–water partition coefficient (Wildman–Crippen LogP) is 6.74. The van der Waals surface area contributed by atoms with Gasteiger partial charge in [0.25, 0.3) is 5.91 Å². The van der Waals surface area contributed by atoms with E-state index in [4.69, 9.17) is 9.72 Å². The third kappa shape index (κ3) is 4.34. The molecule has 0 saturated heterocycles. The van der Waals surface area contributed by atoms with Crippen molar-refractivity contribution in [2.24, 2.45) is 5.92 Å². The lowest BCUT2D eigenvalue weighted by molar-refractivity contribution is 0.0601. The SMILES string of the molecule is COC(=O)c1c(NC(=O)c2cc(-c3ccc(C)cc3C)nc3ccccc23)sc2c1CCC(C)C2. The molecule has 35 heavy (non-hydrogen) atoms. The molecule has 0 spiro atoms. The molecular formula is C29H28N2O3S. The van der Waals surface area contributed by atoms with Gasteiger partial charge < -0.3 is 10.1 Å². The number of pyridine rings is 1. The average Bonchev–Trinajstić information content (AvgIpc) is 3.19. The number of amides is 1. The summed E-state index contributed by atoms with van der Waals surface area (Å²) < 4.78 is 5.09. The summed E-state index contributed by atoms with van der Waals surface area (Å²) in [5.74, 6) is -0.103. The molecule has 1 unspecified atom stereocenters. The monoisotopic (exact) mass is 484 g/mol. The highest BCUT2D eigenvalue weighted by molar-refractivity contribution is 7.17. The fourth-order valence-electron chi connectivity index (χ4n) is 4.93. The predicted molar refractivity (Wildman–Crippen MR) is 141 cm³/mol. The van der Waals surface area contributed by atoms with Gasteiger partial charge in [-0.05, 0) is 62.3 Å². The first kappa shape index (κ1) is 23.2. The molecule has 1 aliphatic rings. The molecule has 4 aromatic rings. The maximum absolute atomic E-state index is 13.7. The van der Waals surface area contributed by atoms with Crippen molar-refractivity contribution in [2.75, 3.05) is 12.4 Å². The smallest absolute Gasteiger partial charge is 0.341 e. The molecule has 0 saturated carbocycles. The number of methoxy groups -OCH3 is 1. The highest BCUT2D eigenvalue weighted by atomic mass is 32.1. The number of rotatable bonds is 4. The van der Waals surface area contributed by atoms with Crippen LogP contribution in [0.3, 0.4) is 0 Å². The molecule has 2 heterocycles. The Bertz CT molecular complexity index is 1470. The normalized spacial score (nSPS) is 15.0. The van der Waals surface area contributed by atoms with Gasteiger partial charge in [-0.15, -0.1) is 11.3 Å². The highest BCUT2D eigenvalue weighted by Crippen LogP contribution is 2.40. The van der Waals surface area contributed by atoms with Crippen molar-refractivity contribution < 1.29 is 14.3 Å². The minimum Gasteiger partial charge on any atom is -0.465 e. The van der Waals surface area contributed by atoms with Gasteiger partial charge in [0.1, 0.15) is 5.00 Å². The van der Waals surface area contributed by atoms with Crippen molar-refractivity contribution in [3.8, 4) is 11.3 Å². The number of ether oxygens (including phenoxy) is 1. The van der Waals surface area contributed by atoms with E-state index < -0.39 is 5.97 Å². The molecule has 1 amide bonds. The van der Waals surface area contributed by atoms with Crippen molar-refractivity contribution in [3.63, 3.8) is 0 Å². The summed E-state index contributed by atoms with van der Waals surface area (Å²) in [6.45, 7) is 6.33. The van der Waals surface area contributed by atoms with Gasteiger partial charge in [-0.25, -0.2) is 9.78 Å². The van der Waals surface area contributed by atoms with Gasteiger partial charge >= 0.3 is 5.97 Å². The van der Waals surface area contributed by atoms with Gasteiger partial charge in [0.15, 0.2) is 0 Å². The molecule has 1 atom stereocenters. The number of hydrogen-bond donors (Lipinski definition) is 1. The van der Waals surface area contributed by atoms with Crippen molar-refractivity contribution in [1.29, 1.82) is 0 Å². The number of anilines is 1. The van der Waals surface area contributed by atoms with Crippen LogP contribution in [0.25, 0.3) is 22.2 Å². The molecule has 2 aromatic heterocycles. The van der Waals surface area contributed by atoms with Crippen molar-refractivity contribution in [3.05, 3.63) is 81.2 Å². The van der Waals surface area contributed by atoms with E-state index in [9.17, 15) is 9.59 Å². The third-order valence-corrected chi connectivity index (χ3v) is 7.92. The summed E-state index contributed by atoms with van der Waals surface area (Å²) in [5.41, 5.74) is 6.82. The van der Waals surface area contributed by atoms with Gasteiger partial charge in [0.2, 0.25) is 0 Å². The second kappa shape index (κ2) is 9.27. The zero-order valence-electron chi connectivity index (χ0n) is 20.4. The van der Waals surface area contributed by atoms with Crippen LogP contribution in [0.4, 0.5) is 5.00 Å². The molecule has 1 aliphatic carbocycles. The Morgan fingerprint density at radius 1 is 1.11 bits per heavy atom. The largest absolute Gasteiger partial charge is 0.465 e. The lowest BCUT2D eigenvalue weighted by atomic mass is 9.88. The summed E-state index contributed by atoms with van der Waals surface area (Å²) >= 11 is 1.49. The number of carbonyl (C=O) groups excluding carboxylic acids is 2. The Morgan fingerprint density at radius 2 is 1.91 bits per heavy atom. The number of aromatic nitrogens is 1. The second-order valence-corrected chi connectivity index (χ2v) is 10.5. The van der Waals surface area contributed by atoms with E-state index in [2.05, 4.69) is 38.2 Å². The van der Waals surface area contributed by atoms with Crippen LogP contribution in [0.15, 0.2) is 48.5 Å². The molecule has 0 aliphatic heterocycles. The van der Waals surface area contributed by atoms with Crippen LogP contribution >= 0.6 is 11.3 Å². The molecule has 2 aromatic carbocycles. The maximum Gasteiger partial charge on any atom is 0.341 e. The van der Waals surface area contributed by atoms with E-state index >= 15 is 0 Å². The fraction of sp³-hybridized carbons (Fsp3) is 0.276. The fourth-order valence-corrected chi connectivity index (χ4v) is 6.32. The number of aryl methyl sites for hydroxylation is 2. The summed E-state index contributed by atoms with van der Waals surface area (Å²) in [7, 11) is 1.38. The van der Waals surface area contributed by atoms with Gasteiger partial charge in [-0.2, -0.15) is 0 Å². The third-order valence-electron chi connectivity index (χ3n) is 6.75. The minimum absolute atomic E-state index is 0.258. The molecule has 5 nitrogen and oxygen atoms in total. The Labute approximate surface area is 209 Å². The van der Waals surface area contributed by atoms with E-state index in [1.165, 1.54) is 24.0 Å². The number of nitrogens with zero attached hydrogens (tertiary/aromatic N) is 1. The van der Waals surface area contributed by atoms with Crippen molar-refractivity contribution in [2.45, 2.75) is 40.0 Å². The average molecular weight is 485 g/mol. The van der Waals surface area contributed by atoms with Crippen molar-refractivity contribution in [1.82, 2.24) is 4.98 Å². The maximum atomic E-state index is 13.7. The number of nitrogens with one attached hydrogen (secondary N) is 1. The molecule has 6 heteroatoms. The van der Waals surface area contributed by atoms with Crippen LogP contribution in [0.5, 0.6) is 0 Å². The molecule has 0 radical (unpaired) electrons. The van der Waals surface area contributed by atoms with E-state index in [-0.39, 0.29) is 5.91 Å². The minimum atomic E-state index is -0.400. The molecule has 5 rings (SSSR count). The summed E-state index contributed by atoms with van der Waals surface area (Å²) in [6.07, 6.45) is 2.76. The number of benzene rings is 2. The van der Waals surface area contributed by atoms with Crippen LogP contribution in [0, 0.1) is 19.8 Å². The van der Waals surface area contributed by atoms with Gasteiger partial charge in [0, 0.05) is 15.8 Å². The van der Waals surface area contributed by atoms with Gasteiger partial charge in [0.05, 0.1) is 29.4 Å². The number of hydrogen-bond acceptors (Lipinski definition) is 5. The van der Waals surface area contributed by atoms with Crippen molar-refractivity contribution >= 4 is 39.1 Å². The second-order valence-electron chi connectivity index (χ2n) is 9.39. The zero-order valence-corrected chi connectivity index (χ0v) is 21.2. The Kier molecular flexibility index (Phi) is 6.15. The first-order valence-corrected chi connectivity index (χ1v) is 12.7. The van der Waals surface area contributed by atoms with E-state index in [0.29, 0.717) is 22.0 Å². The van der Waals surface area contributed by atoms with E-state index in [1.54, 1.807) is 0 Å². The first-order valence-electron chi connectivity index (χ1n) is 11.9. The quantitative estimate of drug-likeness (QED) is 0.326. The number of thiophene rings is 1. The number of para-hydroxylation sites is 1. The summed E-state index contributed by atoms with van der Waals surface area (Å²) in [6, 6.07) is 15.7. The first-order chi connectivity index (χ1) is 16.9. The molecule has 0 fully saturated rings. The molecule has 1 N–H and O–H groups in total. The van der Waals surface area contributed by atoms with Crippen LogP contribution in [-0.2, 0) is 17.6 Å². The van der Waals surface area contributed by atoms with Crippen LogP contribution in [0.2, 0.25) is 0 Å². The van der Waals surface area contributed by atoms with E-state index in [1.807, 2.05) is 36.4 Å². The van der Waals surface area contributed by atoms with Gasteiger partial charge in [-0.1, -0.05) is 48.9 Å². The lowest BCUT2D eigenvalue weighted by Crippen LogP contribution is -2.16. The zero-order chi connectivity index (χ0) is 24.7. The number of carbonyl (C=O) groups is 2.